The topological polar surface area (TPSA) is 40.5 Å². The van der Waals surface area contributed by atoms with Crippen LogP contribution in [0.4, 0.5) is 15.8 Å². The number of carboxylic acid groups (broad SMARTS) is 1. The van der Waals surface area contributed by atoms with Crippen molar-refractivity contribution in [3.05, 3.63) is 77.1 Å². The standard InChI is InChI=1S/C30H33ClFNO2S/c1-3-36-29-17-24(22-14-15-27(32)25(16-22)30(34)35)26(31)18-28(29)33(23-12-8-5-9-13-23)19-20(2)21-10-6-4-7-11-21/h5,8-9,12-18,20-21H,3-4,6-7,10-11,19H2,1-2H3,(H,34,35)/t20-/m0/s1. The third-order valence-electron chi connectivity index (χ3n) is 7.14. The predicted molar refractivity (Wildman–Crippen MR) is 149 cm³/mol. The van der Waals surface area contributed by atoms with Gasteiger partial charge in [0.25, 0.3) is 0 Å². The number of benzene rings is 3. The summed E-state index contributed by atoms with van der Waals surface area (Å²) in [7, 11) is 0. The van der Waals surface area contributed by atoms with Crippen LogP contribution in [-0.2, 0) is 0 Å². The van der Waals surface area contributed by atoms with Crippen LogP contribution < -0.4 is 4.90 Å². The molecule has 0 bridgehead atoms. The van der Waals surface area contributed by atoms with Gasteiger partial charge in [-0.05, 0) is 59.6 Å². The maximum Gasteiger partial charge on any atom is 0.338 e. The van der Waals surface area contributed by atoms with Crippen molar-refractivity contribution in [2.24, 2.45) is 11.8 Å². The first-order chi connectivity index (χ1) is 17.4. The zero-order valence-corrected chi connectivity index (χ0v) is 22.4. The van der Waals surface area contributed by atoms with Crippen molar-refractivity contribution in [2.45, 2.75) is 50.8 Å². The smallest absolute Gasteiger partial charge is 0.338 e. The van der Waals surface area contributed by atoms with Crippen molar-refractivity contribution >= 4 is 40.7 Å². The van der Waals surface area contributed by atoms with E-state index in [1.54, 1.807) is 17.8 Å². The van der Waals surface area contributed by atoms with Crippen LogP contribution in [-0.4, -0.2) is 23.4 Å². The lowest BCUT2D eigenvalue weighted by Crippen LogP contribution is -2.29. The number of aromatic carboxylic acids is 1. The molecule has 3 aromatic carbocycles. The van der Waals surface area contributed by atoms with Gasteiger partial charge in [-0.3, -0.25) is 0 Å². The van der Waals surface area contributed by atoms with Gasteiger partial charge in [0.2, 0.25) is 0 Å². The number of thioether (sulfide) groups is 1. The molecule has 3 aromatic rings. The minimum Gasteiger partial charge on any atom is -0.478 e. The normalized spacial score (nSPS) is 15.0. The van der Waals surface area contributed by atoms with Gasteiger partial charge < -0.3 is 10.0 Å². The number of para-hydroxylation sites is 1. The van der Waals surface area contributed by atoms with Crippen LogP contribution in [0.5, 0.6) is 0 Å². The Balaban J connectivity index is 1.78. The lowest BCUT2D eigenvalue weighted by molar-refractivity contribution is 0.0692. The summed E-state index contributed by atoms with van der Waals surface area (Å²) in [4.78, 5) is 15.0. The van der Waals surface area contributed by atoms with Crippen LogP contribution in [0.15, 0.2) is 65.6 Å². The van der Waals surface area contributed by atoms with Gasteiger partial charge >= 0.3 is 5.97 Å². The summed E-state index contributed by atoms with van der Waals surface area (Å²) in [5.74, 6) is 0.0687. The van der Waals surface area contributed by atoms with Gasteiger partial charge in [0, 0.05) is 22.7 Å². The van der Waals surface area contributed by atoms with Crippen LogP contribution in [0, 0.1) is 17.7 Å². The van der Waals surface area contributed by atoms with Crippen molar-refractivity contribution in [2.75, 3.05) is 17.2 Å². The molecule has 36 heavy (non-hydrogen) atoms. The number of halogens is 2. The van der Waals surface area contributed by atoms with Gasteiger partial charge in [-0.25, -0.2) is 9.18 Å². The number of hydrogen-bond donors (Lipinski definition) is 1. The van der Waals surface area contributed by atoms with Crippen LogP contribution in [0.2, 0.25) is 5.02 Å². The van der Waals surface area contributed by atoms with E-state index >= 15 is 0 Å². The predicted octanol–water partition coefficient (Wildman–Crippen LogP) is 9.31. The van der Waals surface area contributed by atoms with E-state index in [9.17, 15) is 14.3 Å². The van der Waals surface area contributed by atoms with E-state index in [2.05, 4.69) is 43.0 Å². The lowest BCUT2D eigenvalue weighted by Gasteiger charge is -2.35. The minimum absolute atomic E-state index is 0.357. The molecule has 4 rings (SSSR count). The molecule has 0 unspecified atom stereocenters. The Morgan fingerprint density at radius 3 is 2.50 bits per heavy atom. The molecule has 0 aliphatic heterocycles. The number of nitrogens with zero attached hydrogens (tertiary/aromatic N) is 1. The third-order valence-corrected chi connectivity index (χ3v) is 8.38. The first-order valence-electron chi connectivity index (χ1n) is 12.7. The molecule has 3 nitrogen and oxygen atoms in total. The largest absolute Gasteiger partial charge is 0.478 e. The third kappa shape index (κ3) is 6.07. The molecular weight excluding hydrogens is 493 g/mol. The molecule has 6 heteroatoms. The number of carboxylic acids is 1. The summed E-state index contributed by atoms with van der Waals surface area (Å²) in [5, 5.41) is 9.91. The Kier molecular flexibility index (Phi) is 8.97. The highest BCUT2D eigenvalue weighted by Crippen LogP contribution is 2.43. The quantitative estimate of drug-likeness (QED) is 0.282. The molecule has 1 N–H and O–H groups in total. The first-order valence-corrected chi connectivity index (χ1v) is 14.1. The van der Waals surface area contributed by atoms with E-state index in [-0.39, 0.29) is 5.56 Å². The van der Waals surface area contributed by atoms with E-state index in [1.165, 1.54) is 44.2 Å². The van der Waals surface area contributed by atoms with E-state index in [0.717, 1.165) is 34.5 Å². The van der Waals surface area contributed by atoms with Gasteiger partial charge in [0.1, 0.15) is 5.82 Å². The molecule has 0 aromatic heterocycles. The molecular formula is C30H33ClFNO2S. The molecule has 1 atom stereocenters. The molecule has 0 saturated heterocycles. The summed E-state index contributed by atoms with van der Waals surface area (Å²) < 4.78 is 14.0. The highest BCUT2D eigenvalue weighted by atomic mass is 35.5. The molecule has 0 radical (unpaired) electrons. The molecule has 190 valence electrons. The van der Waals surface area contributed by atoms with Crippen molar-refractivity contribution < 1.29 is 14.3 Å². The van der Waals surface area contributed by atoms with Gasteiger partial charge in [-0.2, -0.15) is 0 Å². The van der Waals surface area contributed by atoms with Gasteiger partial charge in [-0.15, -0.1) is 11.8 Å². The average molecular weight is 526 g/mol. The van der Waals surface area contributed by atoms with Gasteiger partial charge in [0.05, 0.1) is 16.3 Å². The summed E-state index contributed by atoms with van der Waals surface area (Å²) in [5.41, 5.74) is 3.10. The van der Waals surface area contributed by atoms with Crippen LogP contribution in [0.3, 0.4) is 0 Å². The SMILES string of the molecule is CCSc1cc(-c2ccc(F)c(C(=O)O)c2)c(Cl)cc1N(C[C@H](C)C1CCCCC1)c1ccccc1. The highest BCUT2D eigenvalue weighted by Gasteiger charge is 2.25. The Labute approximate surface area is 222 Å². The number of carbonyl (C=O) groups is 1. The van der Waals surface area contributed by atoms with Crippen molar-refractivity contribution in [3.63, 3.8) is 0 Å². The zero-order valence-electron chi connectivity index (χ0n) is 20.8. The van der Waals surface area contributed by atoms with Crippen LogP contribution in [0.1, 0.15) is 56.3 Å². The molecule has 0 amide bonds. The van der Waals surface area contributed by atoms with E-state index in [1.807, 2.05) is 18.2 Å². The van der Waals surface area contributed by atoms with E-state index < -0.39 is 11.8 Å². The lowest BCUT2D eigenvalue weighted by atomic mass is 9.80. The maximum atomic E-state index is 14.0. The van der Waals surface area contributed by atoms with E-state index in [4.69, 9.17) is 11.6 Å². The summed E-state index contributed by atoms with van der Waals surface area (Å²) in [6, 6.07) is 18.6. The van der Waals surface area contributed by atoms with Gasteiger partial charge in [-0.1, -0.05) is 81.8 Å². The fraction of sp³-hybridized carbons (Fsp3) is 0.367. The highest BCUT2D eigenvalue weighted by molar-refractivity contribution is 7.99. The number of rotatable bonds is 9. The second kappa shape index (κ2) is 12.2. The van der Waals surface area contributed by atoms with E-state index in [0.29, 0.717) is 22.1 Å². The molecule has 0 heterocycles. The summed E-state index contributed by atoms with van der Waals surface area (Å²) in [6.07, 6.45) is 6.54. The monoisotopic (exact) mass is 525 g/mol. The van der Waals surface area contributed by atoms with Gasteiger partial charge in [0.15, 0.2) is 0 Å². The first kappa shape index (κ1) is 26.6. The average Bonchev–Trinajstić information content (AvgIpc) is 2.89. The van der Waals surface area contributed by atoms with Crippen molar-refractivity contribution in [1.82, 2.24) is 0 Å². The molecule has 0 spiro atoms. The fourth-order valence-corrected chi connectivity index (χ4v) is 6.29. The Bertz CT molecular complexity index is 1200. The van der Waals surface area contributed by atoms with Crippen molar-refractivity contribution in [1.29, 1.82) is 0 Å². The Morgan fingerprint density at radius 2 is 1.83 bits per heavy atom. The summed E-state index contributed by atoms with van der Waals surface area (Å²) in [6.45, 7) is 5.36. The molecule has 1 aliphatic rings. The zero-order chi connectivity index (χ0) is 25.7. The Hall–Kier alpha value is -2.50. The molecule has 1 fully saturated rings. The van der Waals surface area contributed by atoms with Crippen LogP contribution in [0.25, 0.3) is 11.1 Å². The number of anilines is 2. The van der Waals surface area contributed by atoms with Crippen LogP contribution >= 0.6 is 23.4 Å². The second-order valence-electron chi connectivity index (χ2n) is 9.55. The minimum atomic E-state index is -1.29. The Morgan fingerprint density at radius 1 is 1.11 bits per heavy atom. The summed E-state index contributed by atoms with van der Waals surface area (Å²) >= 11 is 8.58. The fourth-order valence-electron chi connectivity index (χ4n) is 5.19. The molecule has 1 saturated carbocycles. The maximum absolute atomic E-state index is 14.0. The second-order valence-corrected chi connectivity index (χ2v) is 11.3. The number of hydrogen-bond acceptors (Lipinski definition) is 3. The molecule has 1 aliphatic carbocycles. The van der Waals surface area contributed by atoms with Crippen molar-refractivity contribution in [3.8, 4) is 11.1 Å².